The molecule has 0 N–H and O–H groups in total. The lowest BCUT2D eigenvalue weighted by Crippen LogP contribution is -2.10. The molecule has 0 unspecified atom stereocenters. The molecule has 0 atom stereocenters. The maximum atomic E-state index is 6.38. The molecule has 53 heavy (non-hydrogen) atoms. The van der Waals surface area contributed by atoms with Crippen molar-refractivity contribution in [3.05, 3.63) is 193 Å². The molecule has 0 amide bonds. The van der Waals surface area contributed by atoms with Gasteiger partial charge in [0.15, 0.2) is 0 Å². The molecule has 3 nitrogen and oxygen atoms in total. The van der Waals surface area contributed by atoms with Gasteiger partial charge in [-0.3, -0.25) is 0 Å². The summed E-state index contributed by atoms with van der Waals surface area (Å²) in [6.07, 6.45) is 0. The van der Waals surface area contributed by atoms with Crippen LogP contribution in [0.2, 0.25) is 0 Å². The minimum atomic E-state index is 0.912. The van der Waals surface area contributed by atoms with Crippen molar-refractivity contribution in [2.24, 2.45) is 0 Å². The zero-order chi connectivity index (χ0) is 35.5. The van der Waals surface area contributed by atoms with Gasteiger partial charge < -0.3 is 13.9 Å². The second-order valence-electron chi connectivity index (χ2n) is 14.0. The highest BCUT2D eigenvalue weighted by molar-refractivity contribution is 6.11. The van der Waals surface area contributed by atoms with Crippen molar-refractivity contribution in [2.45, 2.75) is 13.8 Å². The molecule has 0 fully saturated rings. The van der Waals surface area contributed by atoms with Crippen molar-refractivity contribution >= 4 is 60.8 Å². The molecule has 10 aromatic rings. The molecular formula is C50H36N2O. The van der Waals surface area contributed by atoms with E-state index in [1.165, 1.54) is 49.7 Å². The second-order valence-corrected chi connectivity index (χ2v) is 14.0. The van der Waals surface area contributed by atoms with E-state index >= 15 is 0 Å². The van der Waals surface area contributed by atoms with Crippen LogP contribution < -0.4 is 4.90 Å². The quantitative estimate of drug-likeness (QED) is 0.174. The first-order valence-electron chi connectivity index (χ1n) is 18.2. The molecule has 252 valence electrons. The highest BCUT2D eigenvalue weighted by Crippen LogP contribution is 2.41. The zero-order valence-corrected chi connectivity index (χ0v) is 29.6. The van der Waals surface area contributed by atoms with E-state index in [0.29, 0.717) is 0 Å². The molecule has 2 aromatic heterocycles. The molecule has 0 aliphatic heterocycles. The van der Waals surface area contributed by atoms with Crippen molar-refractivity contribution in [3.63, 3.8) is 0 Å². The summed E-state index contributed by atoms with van der Waals surface area (Å²) in [4.78, 5) is 2.35. The van der Waals surface area contributed by atoms with E-state index in [0.717, 1.165) is 50.1 Å². The smallest absolute Gasteiger partial charge is 0.143 e. The van der Waals surface area contributed by atoms with Crippen molar-refractivity contribution in [1.82, 2.24) is 4.57 Å². The summed E-state index contributed by atoms with van der Waals surface area (Å²) in [5.41, 5.74) is 15.8. The van der Waals surface area contributed by atoms with E-state index in [1.807, 2.05) is 12.1 Å². The molecule has 8 aromatic carbocycles. The van der Waals surface area contributed by atoms with Crippen molar-refractivity contribution in [3.8, 4) is 27.9 Å². The van der Waals surface area contributed by atoms with Crippen LogP contribution in [-0.2, 0) is 0 Å². The molecule has 10 rings (SSSR count). The third-order valence-electron chi connectivity index (χ3n) is 10.5. The number of anilines is 3. The first-order chi connectivity index (χ1) is 26.1. The fourth-order valence-electron chi connectivity index (χ4n) is 8.10. The molecule has 3 heteroatoms. The Morgan fingerprint density at radius 3 is 1.77 bits per heavy atom. The number of nitrogens with zero attached hydrogens (tertiary/aromatic N) is 2. The minimum Gasteiger partial charge on any atom is -0.455 e. The summed E-state index contributed by atoms with van der Waals surface area (Å²) in [6.45, 7) is 4.33. The van der Waals surface area contributed by atoms with Gasteiger partial charge in [0.05, 0.1) is 11.0 Å². The van der Waals surface area contributed by atoms with Gasteiger partial charge >= 0.3 is 0 Å². The fourth-order valence-corrected chi connectivity index (χ4v) is 8.10. The largest absolute Gasteiger partial charge is 0.455 e. The van der Waals surface area contributed by atoms with Gasteiger partial charge in [-0.05, 0) is 114 Å². The van der Waals surface area contributed by atoms with E-state index < -0.39 is 0 Å². The van der Waals surface area contributed by atoms with Gasteiger partial charge in [0.1, 0.15) is 11.2 Å². The number of para-hydroxylation sites is 4. The molecule has 2 heterocycles. The Kier molecular flexibility index (Phi) is 7.26. The number of hydrogen-bond acceptors (Lipinski definition) is 2. The second kappa shape index (κ2) is 12.4. The number of aryl methyl sites for hydroxylation is 2. The topological polar surface area (TPSA) is 21.3 Å². The van der Waals surface area contributed by atoms with Gasteiger partial charge in [0, 0.05) is 49.9 Å². The lowest BCUT2D eigenvalue weighted by atomic mass is 10.0. The third kappa shape index (κ3) is 5.29. The number of furan rings is 1. The molecule has 0 spiro atoms. The molecule has 0 bridgehead atoms. The third-order valence-corrected chi connectivity index (χ3v) is 10.5. The Hall–Kier alpha value is -6.84. The maximum absolute atomic E-state index is 6.38. The number of hydrogen-bond donors (Lipinski definition) is 0. The molecule has 0 saturated heterocycles. The summed E-state index contributed by atoms with van der Waals surface area (Å²) in [5, 5.41) is 4.79. The van der Waals surface area contributed by atoms with Gasteiger partial charge in [-0.15, -0.1) is 0 Å². The molecule has 0 radical (unpaired) electrons. The monoisotopic (exact) mass is 680 g/mol. The SMILES string of the molecule is Cc1cc(C)cc(N(c2ccc(-c3ccc4c(c3)c3ccccc3n4-c3ccccc3)cc2)c2ccc(-c3cccc4c3oc3ccccc34)cc2)c1. The van der Waals surface area contributed by atoms with Crippen LogP contribution in [0.25, 0.3) is 71.7 Å². The van der Waals surface area contributed by atoms with E-state index in [1.54, 1.807) is 0 Å². The van der Waals surface area contributed by atoms with Gasteiger partial charge in [-0.25, -0.2) is 0 Å². The lowest BCUT2D eigenvalue weighted by molar-refractivity contribution is 0.670. The first-order valence-corrected chi connectivity index (χ1v) is 18.2. The standard InChI is InChI=1S/C50H36N2O/c1-33-29-34(2)31-41(30-33)51(40-26-21-36(22-27-40)42-15-10-16-45-44-14-7-9-18-49(44)53-50(42)45)39-24-19-35(20-25-39)37-23-28-48-46(32-37)43-13-6-8-17-47(43)52(48)38-11-4-3-5-12-38/h3-32H,1-2H3. The average molecular weight is 681 g/mol. The van der Waals surface area contributed by atoms with Gasteiger partial charge in [0.2, 0.25) is 0 Å². The van der Waals surface area contributed by atoms with Crippen molar-refractivity contribution in [1.29, 1.82) is 0 Å². The van der Waals surface area contributed by atoms with Crippen LogP contribution >= 0.6 is 0 Å². The summed E-state index contributed by atoms with van der Waals surface area (Å²) in [5.74, 6) is 0. The van der Waals surface area contributed by atoms with Gasteiger partial charge in [-0.1, -0.05) is 109 Å². The van der Waals surface area contributed by atoms with Crippen LogP contribution in [0.15, 0.2) is 186 Å². The van der Waals surface area contributed by atoms with E-state index in [2.05, 4.69) is 193 Å². The predicted molar refractivity (Wildman–Crippen MR) is 223 cm³/mol. The number of rotatable bonds is 6. The molecule has 0 aliphatic rings. The van der Waals surface area contributed by atoms with Gasteiger partial charge in [-0.2, -0.15) is 0 Å². The normalized spacial score (nSPS) is 11.6. The van der Waals surface area contributed by atoms with Crippen molar-refractivity contribution in [2.75, 3.05) is 4.90 Å². The Morgan fingerprint density at radius 2 is 1.02 bits per heavy atom. The van der Waals surface area contributed by atoms with E-state index in [-0.39, 0.29) is 0 Å². The average Bonchev–Trinajstić information content (AvgIpc) is 3.74. The minimum absolute atomic E-state index is 0.912. The summed E-state index contributed by atoms with van der Waals surface area (Å²) in [7, 11) is 0. The molecular weight excluding hydrogens is 645 g/mol. The van der Waals surface area contributed by atoms with Crippen LogP contribution in [0.5, 0.6) is 0 Å². The van der Waals surface area contributed by atoms with E-state index in [9.17, 15) is 0 Å². The Balaban J connectivity index is 1.04. The predicted octanol–water partition coefficient (Wildman–Crippen LogP) is 14.1. The van der Waals surface area contributed by atoms with Crippen LogP contribution in [0.1, 0.15) is 11.1 Å². The highest BCUT2D eigenvalue weighted by atomic mass is 16.3. The van der Waals surface area contributed by atoms with E-state index in [4.69, 9.17) is 4.42 Å². The fraction of sp³-hybridized carbons (Fsp3) is 0.0400. The van der Waals surface area contributed by atoms with Crippen molar-refractivity contribution < 1.29 is 4.42 Å². The Morgan fingerprint density at radius 1 is 0.415 bits per heavy atom. The van der Waals surface area contributed by atoms with Crippen LogP contribution in [0, 0.1) is 13.8 Å². The molecule has 0 aliphatic carbocycles. The maximum Gasteiger partial charge on any atom is 0.143 e. The number of aromatic nitrogens is 1. The summed E-state index contributed by atoms with van der Waals surface area (Å²) in [6, 6.07) is 65.5. The number of fused-ring (bicyclic) bond motifs is 6. The van der Waals surface area contributed by atoms with Crippen LogP contribution in [0.4, 0.5) is 17.1 Å². The molecule has 0 saturated carbocycles. The Bertz CT molecular complexity index is 2930. The highest BCUT2D eigenvalue weighted by Gasteiger charge is 2.17. The van der Waals surface area contributed by atoms with Crippen LogP contribution in [-0.4, -0.2) is 4.57 Å². The summed E-state index contributed by atoms with van der Waals surface area (Å²) >= 11 is 0. The summed E-state index contributed by atoms with van der Waals surface area (Å²) < 4.78 is 8.75. The first kappa shape index (κ1) is 30.9. The Labute approximate surface area is 308 Å². The lowest BCUT2D eigenvalue weighted by Gasteiger charge is -2.26. The number of benzene rings is 8. The zero-order valence-electron chi connectivity index (χ0n) is 29.6. The van der Waals surface area contributed by atoms with Gasteiger partial charge in [0.25, 0.3) is 0 Å². The van der Waals surface area contributed by atoms with Crippen LogP contribution in [0.3, 0.4) is 0 Å².